The van der Waals surface area contributed by atoms with Gasteiger partial charge in [-0.1, -0.05) is 27.7 Å². The number of amides is 3. The summed E-state index contributed by atoms with van der Waals surface area (Å²) in [6, 6.07) is 3.97. The van der Waals surface area contributed by atoms with E-state index in [1.165, 1.54) is 4.90 Å². The molecule has 3 amide bonds. The number of carbonyl (C=O) groups is 2. The number of piperidine rings is 1. The van der Waals surface area contributed by atoms with Crippen LogP contribution in [0.4, 0.5) is 4.79 Å². The summed E-state index contributed by atoms with van der Waals surface area (Å²) in [6.07, 6.45) is 3.83. The van der Waals surface area contributed by atoms with E-state index in [4.69, 9.17) is 0 Å². The molecule has 2 fully saturated rings. The Bertz CT molecular complexity index is 1120. The number of urea groups is 1. The van der Waals surface area contributed by atoms with Crippen LogP contribution in [-0.2, 0) is 17.9 Å². The van der Waals surface area contributed by atoms with E-state index in [2.05, 4.69) is 46.3 Å². The smallest absolute Gasteiger partial charge is 0.327 e. The van der Waals surface area contributed by atoms with Gasteiger partial charge in [0.25, 0.3) is 5.91 Å². The predicted molar refractivity (Wildman–Crippen MR) is 124 cm³/mol. The number of nitriles is 1. The molecule has 2 saturated heterocycles. The number of fused-ring (bicyclic) bond motifs is 1. The van der Waals surface area contributed by atoms with Gasteiger partial charge in [0.1, 0.15) is 17.3 Å². The molecule has 0 N–H and O–H groups in total. The molecular formula is C24H33N7O2. The van der Waals surface area contributed by atoms with Gasteiger partial charge in [0, 0.05) is 57.0 Å². The average molecular weight is 452 g/mol. The number of rotatable bonds is 5. The maximum atomic E-state index is 13.0. The molecule has 0 aromatic carbocycles. The van der Waals surface area contributed by atoms with Gasteiger partial charge < -0.3 is 9.47 Å². The van der Waals surface area contributed by atoms with Crippen molar-refractivity contribution in [3.8, 4) is 6.07 Å². The van der Waals surface area contributed by atoms with Gasteiger partial charge >= 0.3 is 6.03 Å². The Morgan fingerprint density at radius 2 is 1.91 bits per heavy atom. The van der Waals surface area contributed by atoms with Crippen LogP contribution >= 0.6 is 0 Å². The topological polar surface area (TPSA) is 98.4 Å². The Morgan fingerprint density at radius 1 is 1.21 bits per heavy atom. The minimum absolute atomic E-state index is 0.0340. The number of likely N-dealkylation sites (N-methyl/N-ethyl adjacent to an activating group) is 1. The molecule has 176 valence electrons. The standard InChI is InChI=1S/C24H33N7O2/c1-6-9-31-22(33)28(5)21(32)24(31)7-10-29(11-8-24)15-18-12-17-14-26-19(13-25)27-20(17)30(18)16-23(2,3)4/h12,14H,6-11,15-16H2,1-5H3. The zero-order chi connectivity index (χ0) is 24.0. The molecule has 33 heavy (non-hydrogen) atoms. The minimum Gasteiger partial charge on any atom is -0.328 e. The molecule has 0 radical (unpaired) electrons. The van der Waals surface area contributed by atoms with Crippen molar-refractivity contribution in [2.75, 3.05) is 26.7 Å². The molecule has 0 bridgehead atoms. The second-order valence-electron chi connectivity index (χ2n) is 10.5. The van der Waals surface area contributed by atoms with E-state index in [1.54, 1.807) is 18.1 Å². The molecule has 4 heterocycles. The molecule has 2 aromatic heterocycles. The molecule has 4 rings (SSSR count). The predicted octanol–water partition coefficient (Wildman–Crippen LogP) is 2.99. The number of hydrogen-bond donors (Lipinski definition) is 0. The van der Waals surface area contributed by atoms with Gasteiger partial charge in [-0.3, -0.25) is 14.6 Å². The van der Waals surface area contributed by atoms with Gasteiger partial charge in [-0.25, -0.2) is 14.8 Å². The zero-order valence-corrected chi connectivity index (χ0v) is 20.3. The summed E-state index contributed by atoms with van der Waals surface area (Å²) in [5.74, 6) is 0.105. The first kappa shape index (κ1) is 23.2. The van der Waals surface area contributed by atoms with Crippen LogP contribution in [0.25, 0.3) is 11.0 Å². The third-order valence-electron chi connectivity index (χ3n) is 6.71. The van der Waals surface area contributed by atoms with Crippen LogP contribution in [0.15, 0.2) is 12.3 Å². The van der Waals surface area contributed by atoms with E-state index < -0.39 is 5.54 Å². The fourth-order valence-corrected chi connectivity index (χ4v) is 5.14. The van der Waals surface area contributed by atoms with E-state index in [-0.39, 0.29) is 23.2 Å². The van der Waals surface area contributed by atoms with Crippen molar-refractivity contribution in [1.82, 2.24) is 29.2 Å². The summed E-state index contributed by atoms with van der Waals surface area (Å²) in [5.41, 5.74) is 1.24. The van der Waals surface area contributed by atoms with E-state index in [1.807, 2.05) is 13.0 Å². The van der Waals surface area contributed by atoms with E-state index in [0.717, 1.165) is 49.3 Å². The van der Waals surface area contributed by atoms with Crippen molar-refractivity contribution in [3.05, 3.63) is 23.8 Å². The second-order valence-corrected chi connectivity index (χ2v) is 10.5. The molecule has 2 aliphatic heterocycles. The number of imide groups is 1. The van der Waals surface area contributed by atoms with Crippen molar-refractivity contribution in [3.63, 3.8) is 0 Å². The minimum atomic E-state index is -0.705. The molecule has 0 saturated carbocycles. The highest BCUT2D eigenvalue weighted by atomic mass is 16.2. The van der Waals surface area contributed by atoms with E-state index >= 15 is 0 Å². The Balaban J connectivity index is 1.58. The molecule has 2 aliphatic rings. The number of carbonyl (C=O) groups excluding carboxylic acids is 2. The Hall–Kier alpha value is -2.99. The second kappa shape index (κ2) is 8.41. The first-order valence-electron chi connectivity index (χ1n) is 11.7. The number of likely N-dealkylation sites (tertiary alicyclic amines) is 1. The van der Waals surface area contributed by atoms with Gasteiger partial charge in [-0.05, 0) is 30.7 Å². The quantitative estimate of drug-likeness (QED) is 0.648. The van der Waals surface area contributed by atoms with Gasteiger partial charge in [0.15, 0.2) is 0 Å². The number of nitrogens with zero attached hydrogens (tertiary/aromatic N) is 7. The SMILES string of the molecule is CCCN1C(=O)N(C)C(=O)C12CCN(Cc1cc3cnc(C#N)nc3n1CC(C)(C)C)CC2. The van der Waals surface area contributed by atoms with Gasteiger partial charge in [0.05, 0.1) is 0 Å². The van der Waals surface area contributed by atoms with Crippen molar-refractivity contribution in [2.24, 2.45) is 5.41 Å². The largest absolute Gasteiger partial charge is 0.328 e. The van der Waals surface area contributed by atoms with Crippen LogP contribution < -0.4 is 0 Å². The first-order chi connectivity index (χ1) is 15.6. The Labute approximate surface area is 195 Å². The van der Waals surface area contributed by atoms with Crippen molar-refractivity contribution in [1.29, 1.82) is 5.26 Å². The third kappa shape index (κ3) is 4.08. The van der Waals surface area contributed by atoms with Crippen LogP contribution in [-0.4, -0.2) is 73.4 Å². The highest BCUT2D eigenvalue weighted by Crippen LogP contribution is 2.37. The monoisotopic (exact) mass is 451 g/mol. The maximum absolute atomic E-state index is 13.0. The third-order valence-corrected chi connectivity index (χ3v) is 6.71. The van der Waals surface area contributed by atoms with Crippen LogP contribution in [0.1, 0.15) is 58.5 Å². The molecule has 0 unspecified atom stereocenters. The lowest BCUT2D eigenvalue weighted by Gasteiger charge is -2.42. The van der Waals surface area contributed by atoms with Crippen LogP contribution in [0.3, 0.4) is 0 Å². The normalized spacial score (nSPS) is 19.2. The Kier molecular flexibility index (Phi) is 5.91. The number of aromatic nitrogens is 3. The summed E-state index contributed by atoms with van der Waals surface area (Å²) >= 11 is 0. The van der Waals surface area contributed by atoms with Crippen LogP contribution in [0, 0.1) is 16.7 Å². The lowest BCUT2D eigenvalue weighted by molar-refractivity contribution is -0.134. The van der Waals surface area contributed by atoms with Crippen molar-refractivity contribution < 1.29 is 9.59 Å². The maximum Gasteiger partial charge on any atom is 0.327 e. The highest BCUT2D eigenvalue weighted by molar-refractivity contribution is 6.06. The van der Waals surface area contributed by atoms with Gasteiger partial charge in [-0.2, -0.15) is 5.26 Å². The first-order valence-corrected chi connectivity index (χ1v) is 11.7. The molecule has 0 aliphatic carbocycles. The summed E-state index contributed by atoms with van der Waals surface area (Å²) in [4.78, 5) is 39.7. The van der Waals surface area contributed by atoms with Gasteiger partial charge in [0.2, 0.25) is 5.82 Å². The van der Waals surface area contributed by atoms with Crippen LogP contribution in [0.2, 0.25) is 0 Å². The van der Waals surface area contributed by atoms with Gasteiger partial charge in [-0.15, -0.1) is 0 Å². The summed E-state index contributed by atoms with van der Waals surface area (Å²) in [5, 5.41) is 10.2. The molecule has 0 atom stereocenters. The lowest BCUT2D eigenvalue weighted by Crippen LogP contribution is -2.56. The summed E-state index contributed by atoms with van der Waals surface area (Å²) in [7, 11) is 1.59. The summed E-state index contributed by atoms with van der Waals surface area (Å²) in [6.45, 7) is 12.1. The van der Waals surface area contributed by atoms with Crippen molar-refractivity contribution in [2.45, 2.75) is 65.6 Å². The fourth-order valence-electron chi connectivity index (χ4n) is 5.14. The van der Waals surface area contributed by atoms with E-state index in [0.29, 0.717) is 19.4 Å². The molecule has 2 aromatic rings. The molecule has 9 heteroatoms. The fraction of sp³-hybridized carbons (Fsp3) is 0.625. The summed E-state index contributed by atoms with van der Waals surface area (Å²) < 4.78 is 2.20. The Morgan fingerprint density at radius 3 is 2.52 bits per heavy atom. The van der Waals surface area contributed by atoms with E-state index in [9.17, 15) is 14.9 Å². The average Bonchev–Trinajstić information content (AvgIpc) is 3.18. The number of hydrogen-bond acceptors (Lipinski definition) is 6. The van der Waals surface area contributed by atoms with Crippen molar-refractivity contribution >= 4 is 23.0 Å². The zero-order valence-electron chi connectivity index (χ0n) is 20.3. The molecular weight excluding hydrogens is 418 g/mol. The lowest BCUT2D eigenvalue weighted by atomic mass is 9.85. The highest BCUT2D eigenvalue weighted by Gasteiger charge is 2.56. The van der Waals surface area contributed by atoms with Crippen LogP contribution in [0.5, 0.6) is 0 Å². The molecule has 9 nitrogen and oxygen atoms in total. The molecule has 1 spiro atoms.